The minimum atomic E-state index is -5.44. The lowest BCUT2D eigenvalue weighted by molar-refractivity contribution is -0.118. The van der Waals surface area contributed by atoms with Crippen molar-refractivity contribution in [3.05, 3.63) is 101 Å². The van der Waals surface area contributed by atoms with Gasteiger partial charge in [-0.05, 0) is 34.5 Å². The third kappa shape index (κ3) is 5.56. The Morgan fingerprint density at radius 2 is 1.39 bits per heavy atom. The highest BCUT2D eigenvalue weighted by atomic mass is 32.2. The standard InChI is InChI=1S/C27H19F5N2O6S/c1-33(41(39,40)26-24(31)22(29)21(28)23(30)25(26)32)13-20(36)34(17-8-9-18(27(37)38)19(35)11-17)12-14-6-7-15-4-2-3-5-16(15)10-14/h2-11,35H,12-13H2,1H3,(H,37,38). The summed E-state index contributed by atoms with van der Waals surface area (Å²) in [7, 11) is -4.74. The van der Waals surface area contributed by atoms with Crippen molar-refractivity contribution >= 4 is 38.4 Å². The maximum absolute atomic E-state index is 14.3. The molecule has 0 atom stereocenters. The van der Waals surface area contributed by atoms with Gasteiger partial charge in [-0.15, -0.1) is 0 Å². The Balaban J connectivity index is 1.73. The molecular formula is C27H19F5N2O6S. The van der Waals surface area contributed by atoms with Crippen LogP contribution in [0, 0.1) is 29.1 Å². The van der Waals surface area contributed by atoms with E-state index in [-0.39, 0.29) is 16.5 Å². The molecule has 0 aliphatic rings. The number of aromatic hydroxyl groups is 1. The van der Waals surface area contributed by atoms with E-state index in [4.69, 9.17) is 0 Å². The number of anilines is 1. The summed E-state index contributed by atoms with van der Waals surface area (Å²) in [5, 5.41) is 21.0. The number of amides is 1. The van der Waals surface area contributed by atoms with Gasteiger partial charge in [-0.1, -0.05) is 36.4 Å². The van der Waals surface area contributed by atoms with E-state index < -0.39 is 73.7 Å². The number of carbonyl (C=O) groups is 2. The van der Waals surface area contributed by atoms with E-state index in [0.29, 0.717) is 12.6 Å². The molecular weight excluding hydrogens is 575 g/mol. The third-order valence-corrected chi connectivity index (χ3v) is 8.00. The van der Waals surface area contributed by atoms with Crippen molar-refractivity contribution < 1.29 is 50.2 Å². The van der Waals surface area contributed by atoms with Crippen molar-refractivity contribution in [2.75, 3.05) is 18.5 Å². The Kier molecular flexibility index (Phi) is 7.99. The van der Waals surface area contributed by atoms with Crippen LogP contribution in [0.4, 0.5) is 27.6 Å². The first-order chi connectivity index (χ1) is 19.2. The molecule has 0 saturated carbocycles. The second-order valence-electron chi connectivity index (χ2n) is 8.83. The first-order valence-electron chi connectivity index (χ1n) is 11.6. The largest absolute Gasteiger partial charge is 0.507 e. The van der Waals surface area contributed by atoms with Crippen molar-refractivity contribution in [3.8, 4) is 5.75 Å². The summed E-state index contributed by atoms with van der Waals surface area (Å²) < 4.78 is 95.3. The fourth-order valence-corrected chi connectivity index (χ4v) is 5.26. The van der Waals surface area contributed by atoms with Crippen LogP contribution in [0.5, 0.6) is 5.75 Å². The molecule has 0 heterocycles. The Bertz CT molecular complexity index is 1790. The quantitative estimate of drug-likeness (QED) is 0.172. The van der Waals surface area contributed by atoms with E-state index in [1.165, 1.54) is 6.07 Å². The maximum Gasteiger partial charge on any atom is 0.339 e. The van der Waals surface area contributed by atoms with Crippen LogP contribution in [-0.4, -0.2) is 48.4 Å². The molecule has 1 amide bonds. The first kappa shape index (κ1) is 29.4. The van der Waals surface area contributed by atoms with Crippen LogP contribution >= 0.6 is 0 Å². The third-order valence-electron chi connectivity index (χ3n) is 6.17. The average molecular weight is 595 g/mol. The van der Waals surface area contributed by atoms with Gasteiger partial charge >= 0.3 is 5.97 Å². The molecule has 0 fully saturated rings. The molecule has 0 spiro atoms. The number of phenols is 1. The predicted molar refractivity (Wildman–Crippen MR) is 136 cm³/mol. The highest BCUT2D eigenvalue weighted by Gasteiger charge is 2.37. The molecule has 2 N–H and O–H groups in total. The van der Waals surface area contributed by atoms with Gasteiger partial charge in [0.05, 0.1) is 13.1 Å². The molecule has 14 heteroatoms. The van der Waals surface area contributed by atoms with E-state index in [1.54, 1.807) is 30.3 Å². The fraction of sp³-hybridized carbons (Fsp3) is 0.111. The van der Waals surface area contributed by atoms with Crippen LogP contribution in [-0.2, 0) is 21.4 Å². The molecule has 4 rings (SSSR count). The van der Waals surface area contributed by atoms with Crippen molar-refractivity contribution in [2.24, 2.45) is 0 Å². The number of sulfonamides is 1. The zero-order chi connectivity index (χ0) is 30.2. The van der Waals surface area contributed by atoms with Gasteiger partial charge in [0.1, 0.15) is 11.3 Å². The van der Waals surface area contributed by atoms with E-state index in [2.05, 4.69) is 0 Å². The normalized spacial score (nSPS) is 11.7. The monoisotopic (exact) mass is 594 g/mol. The van der Waals surface area contributed by atoms with Gasteiger partial charge in [0.25, 0.3) is 0 Å². The van der Waals surface area contributed by atoms with E-state index >= 15 is 0 Å². The molecule has 0 aromatic heterocycles. The summed E-state index contributed by atoms with van der Waals surface area (Å²) in [5.74, 6) is -15.9. The maximum atomic E-state index is 14.3. The van der Waals surface area contributed by atoms with Gasteiger partial charge < -0.3 is 15.1 Å². The summed E-state index contributed by atoms with van der Waals surface area (Å²) in [6, 6.07) is 15.5. The number of hydrogen-bond donors (Lipinski definition) is 2. The molecule has 41 heavy (non-hydrogen) atoms. The van der Waals surface area contributed by atoms with Crippen LogP contribution < -0.4 is 4.90 Å². The number of benzene rings is 4. The molecule has 0 aliphatic heterocycles. The van der Waals surface area contributed by atoms with Gasteiger partial charge in [-0.3, -0.25) is 4.79 Å². The minimum Gasteiger partial charge on any atom is -0.507 e. The topological polar surface area (TPSA) is 115 Å². The van der Waals surface area contributed by atoms with Crippen molar-refractivity contribution in [1.29, 1.82) is 0 Å². The summed E-state index contributed by atoms with van der Waals surface area (Å²) >= 11 is 0. The van der Waals surface area contributed by atoms with Crippen molar-refractivity contribution in [3.63, 3.8) is 0 Å². The van der Waals surface area contributed by atoms with Crippen LogP contribution in [0.25, 0.3) is 10.8 Å². The highest BCUT2D eigenvalue weighted by Crippen LogP contribution is 2.30. The zero-order valence-electron chi connectivity index (χ0n) is 20.9. The van der Waals surface area contributed by atoms with Gasteiger partial charge in [-0.25, -0.2) is 35.2 Å². The number of rotatable bonds is 8. The Hall–Kier alpha value is -4.56. The summed E-state index contributed by atoms with van der Waals surface area (Å²) in [6.45, 7) is -1.39. The predicted octanol–water partition coefficient (Wildman–Crippen LogP) is 4.79. The van der Waals surface area contributed by atoms with E-state index in [9.17, 15) is 50.2 Å². The summed E-state index contributed by atoms with van der Waals surface area (Å²) in [6.07, 6.45) is 0. The number of halogens is 5. The second kappa shape index (κ2) is 11.1. The Labute approximate surface area is 229 Å². The number of nitrogens with zero attached hydrogens (tertiary/aromatic N) is 2. The molecule has 0 saturated heterocycles. The number of carbonyl (C=O) groups excluding carboxylic acids is 1. The van der Waals surface area contributed by atoms with Gasteiger partial charge in [0, 0.05) is 18.8 Å². The molecule has 0 radical (unpaired) electrons. The van der Waals surface area contributed by atoms with Crippen molar-refractivity contribution in [1.82, 2.24) is 4.31 Å². The SMILES string of the molecule is CN(CC(=O)N(Cc1ccc2ccccc2c1)c1ccc(C(=O)O)c(O)c1)S(=O)(=O)c1c(F)c(F)c(F)c(F)c1F. The summed E-state index contributed by atoms with van der Waals surface area (Å²) in [5.41, 5.74) is -0.0466. The number of aromatic carboxylic acids is 1. The minimum absolute atomic E-state index is 0.0762. The number of hydrogen-bond acceptors (Lipinski definition) is 5. The van der Waals surface area contributed by atoms with E-state index in [1.807, 2.05) is 12.1 Å². The smallest absolute Gasteiger partial charge is 0.339 e. The number of carboxylic acids is 1. The lowest BCUT2D eigenvalue weighted by atomic mass is 10.1. The fourth-order valence-electron chi connectivity index (χ4n) is 4.04. The number of likely N-dealkylation sites (N-methyl/N-ethyl adjacent to an activating group) is 1. The number of fused-ring (bicyclic) bond motifs is 1. The average Bonchev–Trinajstić information content (AvgIpc) is 2.93. The van der Waals surface area contributed by atoms with Gasteiger partial charge in [0.15, 0.2) is 28.2 Å². The van der Waals surface area contributed by atoms with Crippen LogP contribution in [0.2, 0.25) is 0 Å². The van der Waals surface area contributed by atoms with Gasteiger partial charge in [-0.2, -0.15) is 4.31 Å². The molecule has 0 bridgehead atoms. The summed E-state index contributed by atoms with van der Waals surface area (Å²) in [4.78, 5) is 23.6. The van der Waals surface area contributed by atoms with E-state index in [0.717, 1.165) is 27.8 Å². The molecule has 4 aromatic carbocycles. The van der Waals surface area contributed by atoms with Crippen LogP contribution in [0.15, 0.2) is 65.6 Å². The van der Waals surface area contributed by atoms with Gasteiger partial charge in [0.2, 0.25) is 21.7 Å². The Morgan fingerprint density at radius 1 is 0.805 bits per heavy atom. The highest BCUT2D eigenvalue weighted by molar-refractivity contribution is 7.89. The molecule has 8 nitrogen and oxygen atoms in total. The Morgan fingerprint density at radius 3 is 1.98 bits per heavy atom. The molecule has 214 valence electrons. The van der Waals surface area contributed by atoms with Crippen LogP contribution in [0.1, 0.15) is 15.9 Å². The van der Waals surface area contributed by atoms with Crippen LogP contribution in [0.3, 0.4) is 0 Å². The molecule has 0 unspecified atom stereocenters. The lowest BCUT2D eigenvalue weighted by Gasteiger charge is -2.26. The van der Waals surface area contributed by atoms with Crippen molar-refractivity contribution in [2.45, 2.75) is 11.4 Å². The lowest BCUT2D eigenvalue weighted by Crippen LogP contribution is -2.41. The zero-order valence-corrected chi connectivity index (χ0v) is 21.7. The molecule has 0 aliphatic carbocycles. The second-order valence-corrected chi connectivity index (χ2v) is 10.8. The number of carboxylic acid groups (broad SMARTS) is 1. The molecule has 4 aromatic rings. The first-order valence-corrected chi connectivity index (χ1v) is 13.0.